The average Bonchev–Trinajstić information content (AvgIpc) is 2.60. The fourth-order valence-electron chi connectivity index (χ4n) is 2.36. The minimum atomic E-state index is -3.42. The molecule has 6 heteroatoms. The Kier molecular flexibility index (Phi) is 3.54. The molecule has 0 aliphatic carbocycles. The highest BCUT2D eigenvalue weighted by Crippen LogP contribution is 2.36. The lowest BCUT2D eigenvalue weighted by Gasteiger charge is -2.12. The Morgan fingerprint density at radius 2 is 2.21 bits per heavy atom. The van der Waals surface area contributed by atoms with Crippen LogP contribution in [0.2, 0.25) is 0 Å². The first kappa shape index (κ1) is 13.9. The maximum Gasteiger partial charge on any atom is 0.306 e. The Balaban J connectivity index is 2.31. The molecule has 2 rings (SSSR count). The number of methoxy groups -OCH3 is 1. The molecular formula is C13H16O5S. The number of carbonyl (C=O) groups is 1. The second-order valence-electron chi connectivity index (χ2n) is 4.82. The van der Waals surface area contributed by atoms with Gasteiger partial charge in [0.1, 0.15) is 5.75 Å². The van der Waals surface area contributed by atoms with E-state index in [-0.39, 0.29) is 6.42 Å². The van der Waals surface area contributed by atoms with E-state index >= 15 is 0 Å². The van der Waals surface area contributed by atoms with Gasteiger partial charge in [0, 0.05) is 0 Å². The minimum Gasteiger partial charge on any atom is -0.497 e. The third kappa shape index (κ3) is 2.45. The second-order valence-corrected chi connectivity index (χ2v) is 7.02. The topological polar surface area (TPSA) is 80.7 Å². The predicted molar refractivity (Wildman–Crippen MR) is 69.1 cm³/mol. The van der Waals surface area contributed by atoms with Crippen LogP contribution in [0, 0.1) is 5.92 Å². The summed E-state index contributed by atoms with van der Waals surface area (Å²) in [5.41, 5.74) is 0.710. The van der Waals surface area contributed by atoms with Crippen molar-refractivity contribution < 1.29 is 23.1 Å². The first-order valence-corrected chi connectivity index (χ1v) is 7.54. The molecular weight excluding hydrogens is 268 g/mol. The van der Waals surface area contributed by atoms with Crippen molar-refractivity contribution in [3.05, 3.63) is 23.8 Å². The number of carboxylic acid groups (broad SMARTS) is 1. The first-order chi connectivity index (χ1) is 8.86. The van der Waals surface area contributed by atoms with Gasteiger partial charge in [-0.25, -0.2) is 8.42 Å². The van der Waals surface area contributed by atoms with Gasteiger partial charge in [-0.05, 0) is 36.6 Å². The molecule has 104 valence electrons. The number of carboxylic acids is 1. The van der Waals surface area contributed by atoms with Crippen LogP contribution in [0.3, 0.4) is 0 Å². The molecule has 19 heavy (non-hydrogen) atoms. The molecule has 1 aromatic rings. The molecule has 0 saturated carbocycles. The second kappa shape index (κ2) is 4.85. The molecule has 1 N–H and O–H groups in total. The lowest BCUT2D eigenvalue weighted by molar-refractivity contribution is -0.141. The highest BCUT2D eigenvalue weighted by molar-refractivity contribution is 7.92. The van der Waals surface area contributed by atoms with E-state index in [0.717, 1.165) is 0 Å². The van der Waals surface area contributed by atoms with E-state index in [1.54, 1.807) is 12.1 Å². The van der Waals surface area contributed by atoms with Gasteiger partial charge in [0.05, 0.1) is 23.2 Å². The smallest absolute Gasteiger partial charge is 0.306 e. The molecule has 0 saturated heterocycles. The van der Waals surface area contributed by atoms with E-state index in [1.807, 2.05) is 0 Å². The van der Waals surface area contributed by atoms with E-state index < -0.39 is 27.0 Å². The summed E-state index contributed by atoms with van der Waals surface area (Å²) in [6.45, 7) is 1.53. The highest BCUT2D eigenvalue weighted by atomic mass is 32.2. The van der Waals surface area contributed by atoms with Crippen molar-refractivity contribution in [2.75, 3.05) is 7.11 Å². The Labute approximate surface area is 112 Å². The van der Waals surface area contributed by atoms with Gasteiger partial charge in [-0.1, -0.05) is 6.92 Å². The van der Waals surface area contributed by atoms with E-state index in [9.17, 15) is 13.2 Å². The zero-order chi connectivity index (χ0) is 14.2. The molecule has 1 aliphatic heterocycles. The molecule has 0 aromatic heterocycles. The van der Waals surface area contributed by atoms with Crippen molar-refractivity contribution in [2.45, 2.75) is 29.9 Å². The Morgan fingerprint density at radius 3 is 2.79 bits per heavy atom. The number of fused-ring (bicyclic) bond motifs is 1. The zero-order valence-electron chi connectivity index (χ0n) is 10.8. The van der Waals surface area contributed by atoms with Gasteiger partial charge in [0.15, 0.2) is 9.84 Å². The number of benzene rings is 1. The fraction of sp³-hybridized carbons (Fsp3) is 0.462. The molecule has 0 spiro atoms. The summed E-state index contributed by atoms with van der Waals surface area (Å²) in [5.74, 6) is -1.03. The van der Waals surface area contributed by atoms with Crippen LogP contribution in [-0.2, 0) is 21.1 Å². The number of ether oxygens (including phenoxy) is 1. The molecule has 0 bridgehead atoms. The van der Waals surface area contributed by atoms with Gasteiger partial charge in [0.25, 0.3) is 0 Å². The summed E-state index contributed by atoms with van der Waals surface area (Å²) in [7, 11) is -1.90. The SMILES string of the molecule is COc1ccc2c(c1)CC(CC(C)C(=O)O)S2(=O)=O. The number of aliphatic carboxylic acids is 1. The first-order valence-electron chi connectivity index (χ1n) is 6.00. The Bertz CT molecular complexity index is 605. The Hall–Kier alpha value is -1.56. The number of hydrogen-bond acceptors (Lipinski definition) is 4. The van der Waals surface area contributed by atoms with Crippen molar-refractivity contribution in [2.24, 2.45) is 5.92 Å². The maximum absolute atomic E-state index is 12.3. The van der Waals surface area contributed by atoms with E-state index in [4.69, 9.17) is 9.84 Å². The van der Waals surface area contributed by atoms with Crippen molar-refractivity contribution in [3.63, 3.8) is 0 Å². The predicted octanol–water partition coefficient (Wildman–Crippen LogP) is 1.50. The van der Waals surface area contributed by atoms with Gasteiger partial charge < -0.3 is 9.84 Å². The molecule has 2 unspecified atom stereocenters. The van der Waals surface area contributed by atoms with Crippen LogP contribution in [-0.4, -0.2) is 31.9 Å². The standard InChI is InChI=1S/C13H16O5S/c1-8(13(14)15)5-11-7-9-6-10(18-2)3-4-12(9)19(11,16)17/h3-4,6,8,11H,5,7H2,1-2H3,(H,14,15). The van der Waals surface area contributed by atoms with E-state index in [2.05, 4.69) is 0 Å². The van der Waals surface area contributed by atoms with Crippen LogP contribution < -0.4 is 4.74 Å². The van der Waals surface area contributed by atoms with Gasteiger partial charge in [0.2, 0.25) is 0 Å². The summed E-state index contributed by atoms with van der Waals surface area (Å²) in [4.78, 5) is 11.2. The third-order valence-corrected chi connectivity index (χ3v) is 5.75. The average molecular weight is 284 g/mol. The lowest BCUT2D eigenvalue weighted by atomic mass is 10.0. The van der Waals surface area contributed by atoms with Gasteiger partial charge in [-0.3, -0.25) is 4.79 Å². The van der Waals surface area contributed by atoms with Crippen molar-refractivity contribution in [1.29, 1.82) is 0 Å². The molecule has 1 heterocycles. The van der Waals surface area contributed by atoms with Crippen molar-refractivity contribution in [3.8, 4) is 5.75 Å². The largest absolute Gasteiger partial charge is 0.497 e. The van der Waals surface area contributed by atoms with Crippen LogP contribution >= 0.6 is 0 Å². The molecule has 0 fully saturated rings. The van der Waals surface area contributed by atoms with E-state index in [1.165, 1.54) is 20.1 Å². The summed E-state index contributed by atoms with van der Waals surface area (Å²) in [6, 6.07) is 4.85. The molecule has 0 amide bonds. The lowest BCUT2D eigenvalue weighted by Crippen LogP contribution is -2.23. The summed E-state index contributed by atoms with van der Waals surface area (Å²) >= 11 is 0. The molecule has 1 aromatic carbocycles. The van der Waals surface area contributed by atoms with Crippen LogP contribution in [0.15, 0.2) is 23.1 Å². The van der Waals surface area contributed by atoms with Crippen molar-refractivity contribution in [1.82, 2.24) is 0 Å². The van der Waals surface area contributed by atoms with Crippen LogP contribution in [0.4, 0.5) is 0 Å². The normalized spacial score (nSPS) is 21.7. The summed E-state index contributed by atoms with van der Waals surface area (Å²) in [6.07, 6.45) is 0.487. The molecule has 1 aliphatic rings. The number of rotatable bonds is 4. The number of hydrogen-bond donors (Lipinski definition) is 1. The van der Waals surface area contributed by atoms with Crippen LogP contribution in [0.5, 0.6) is 5.75 Å². The van der Waals surface area contributed by atoms with E-state index in [0.29, 0.717) is 22.6 Å². The minimum absolute atomic E-state index is 0.134. The maximum atomic E-state index is 12.3. The molecule has 5 nitrogen and oxygen atoms in total. The fourth-order valence-corrected chi connectivity index (χ4v) is 4.43. The molecule has 0 radical (unpaired) electrons. The van der Waals surface area contributed by atoms with Gasteiger partial charge in [-0.15, -0.1) is 0 Å². The monoisotopic (exact) mass is 284 g/mol. The highest BCUT2D eigenvalue weighted by Gasteiger charge is 2.38. The summed E-state index contributed by atoms with van der Waals surface area (Å²) < 4.78 is 29.7. The third-order valence-electron chi connectivity index (χ3n) is 3.50. The zero-order valence-corrected chi connectivity index (χ0v) is 11.6. The Morgan fingerprint density at radius 1 is 1.53 bits per heavy atom. The quantitative estimate of drug-likeness (QED) is 0.906. The van der Waals surface area contributed by atoms with Crippen molar-refractivity contribution >= 4 is 15.8 Å². The summed E-state index contributed by atoms with van der Waals surface area (Å²) in [5, 5.41) is 8.24. The number of sulfone groups is 1. The molecule has 2 atom stereocenters. The van der Waals surface area contributed by atoms with Crippen LogP contribution in [0.1, 0.15) is 18.9 Å². The van der Waals surface area contributed by atoms with Gasteiger partial charge >= 0.3 is 5.97 Å². The van der Waals surface area contributed by atoms with Gasteiger partial charge in [-0.2, -0.15) is 0 Å². The van der Waals surface area contributed by atoms with Crippen LogP contribution in [0.25, 0.3) is 0 Å².